The highest BCUT2D eigenvalue weighted by atomic mass is 16.5. The van der Waals surface area contributed by atoms with Crippen LogP contribution in [0.4, 0.5) is 22.7 Å². The van der Waals surface area contributed by atoms with E-state index in [1.165, 1.54) is 16.7 Å². The quantitative estimate of drug-likeness (QED) is 0.152. The molecule has 4 heterocycles. The number of nitrogens with zero attached hydrogens (tertiary/aromatic N) is 5. The number of para-hydroxylation sites is 5. The average Bonchev–Trinajstić information content (AvgIpc) is 4.09. The Morgan fingerprint density at radius 2 is 1.03 bits per heavy atom. The predicted octanol–water partition coefficient (Wildman–Crippen LogP) is 17.3. The monoisotopic (exact) mass is 920 g/mol. The maximum absolute atomic E-state index is 8.89. The van der Waals surface area contributed by atoms with Gasteiger partial charge in [-0.15, -0.1) is 0 Å². The lowest BCUT2D eigenvalue weighted by atomic mass is 9.85. The van der Waals surface area contributed by atoms with E-state index in [1.807, 2.05) is 48.5 Å². The van der Waals surface area contributed by atoms with Crippen LogP contribution in [0.5, 0.6) is 11.5 Å². The van der Waals surface area contributed by atoms with Crippen molar-refractivity contribution in [1.82, 2.24) is 14.1 Å². The molecule has 0 saturated carbocycles. The summed E-state index contributed by atoms with van der Waals surface area (Å²) >= 11 is 0. The van der Waals surface area contributed by atoms with Crippen molar-refractivity contribution in [2.75, 3.05) is 16.5 Å². The molecular formula is C65H51N5O. The molecule has 3 aromatic heterocycles. The molecule has 6 nitrogen and oxygen atoms in total. The molecule has 12 aromatic rings. The highest BCUT2D eigenvalue weighted by molar-refractivity contribution is 6.10. The van der Waals surface area contributed by atoms with Crippen LogP contribution in [0.15, 0.2) is 225 Å². The maximum atomic E-state index is 8.89. The summed E-state index contributed by atoms with van der Waals surface area (Å²) in [5, 5.41) is 4.35. The molecule has 71 heavy (non-hydrogen) atoms. The Morgan fingerprint density at radius 1 is 0.451 bits per heavy atom. The summed E-state index contributed by atoms with van der Waals surface area (Å²) in [7, 11) is 0. The number of aryl methyl sites for hydroxylation is 1. The Labute approximate surface area is 418 Å². The first-order valence-corrected chi connectivity index (χ1v) is 24.2. The number of ether oxygens (including phenoxy) is 1. The van der Waals surface area contributed by atoms with Gasteiger partial charge in [0.2, 0.25) is 0 Å². The summed E-state index contributed by atoms with van der Waals surface area (Å²) in [6.07, 6.45) is 1.72. The van der Waals surface area contributed by atoms with Gasteiger partial charge in [-0.25, -0.2) is 4.98 Å². The van der Waals surface area contributed by atoms with Gasteiger partial charge in [-0.3, -0.25) is 4.57 Å². The third-order valence-electron chi connectivity index (χ3n) is 14.1. The van der Waals surface area contributed by atoms with Gasteiger partial charge in [-0.05, 0) is 125 Å². The van der Waals surface area contributed by atoms with Crippen molar-refractivity contribution in [1.29, 1.82) is 0 Å². The number of hydrogen-bond donors (Lipinski definition) is 0. The van der Waals surface area contributed by atoms with E-state index in [1.54, 1.807) is 12.3 Å². The molecule has 342 valence electrons. The molecule has 0 spiro atoms. The Hall–Kier alpha value is -8.87. The highest BCUT2D eigenvalue weighted by Crippen LogP contribution is 2.47. The van der Waals surface area contributed by atoms with Crippen molar-refractivity contribution in [3.05, 3.63) is 236 Å². The van der Waals surface area contributed by atoms with Gasteiger partial charge in [0.15, 0.2) is 0 Å². The minimum atomic E-state index is -2.44. The van der Waals surface area contributed by atoms with Gasteiger partial charge in [0.25, 0.3) is 0 Å². The molecule has 1 aliphatic rings. The summed E-state index contributed by atoms with van der Waals surface area (Å²) in [5.74, 6) is 1.84. The summed E-state index contributed by atoms with van der Waals surface area (Å²) in [6.45, 7) is 4.99. The molecule has 6 heteroatoms. The molecule has 0 fully saturated rings. The van der Waals surface area contributed by atoms with Gasteiger partial charge >= 0.3 is 0 Å². The van der Waals surface area contributed by atoms with Crippen molar-refractivity contribution in [2.24, 2.45) is 0 Å². The van der Waals surface area contributed by atoms with Crippen LogP contribution in [0.1, 0.15) is 36.0 Å². The molecule has 9 aromatic carbocycles. The maximum Gasteiger partial charge on any atom is 0.137 e. The number of fused-ring (bicyclic) bond motifs is 7. The minimum absolute atomic E-state index is 0.0484. The van der Waals surface area contributed by atoms with E-state index >= 15 is 0 Å². The van der Waals surface area contributed by atoms with E-state index < -0.39 is 6.85 Å². The van der Waals surface area contributed by atoms with Crippen molar-refractivity contribution in [2.45, 2.75) is 33.0 Å². The van der Waals surface area contributed by atoms with Gasteiger partial charge in [0.1, 0.15) is 24.0 Å². The average molecular weight is 921 g/mol. The normalized spacial score (nSPS) is 13.5. The van der Waals surface area contributed by atoms with Crippen molar-refractivity contribution < 1.29 is 8.85 Å². The smallest absolute Gasteiger partial charge is 0.137 e. The number of aromatic nitrogens is 3. The lowest BCUT2D eigenvalue weighted by Gasteiger charge is -2.26. The van der Waals surface area contributed by atoms with E-state index in [9.17, 15) is 0 Å². The van der Waals surface area contributed by atoms with Gasteiger partial charge in [-0.2, -0.15) is 0 Å². The fraction of sp³-hybridized carbons (Fsp3) is 0.0923. The molecule has 0 aliphatic carbocycles. The highest BCUT2D eigenvalue weighted by Gasteiger charge is 2.30. The van der Waals surface area contributed by atoms with Crippen molar-refractivity contribution in [3.8, 4) is 45.3 Å². The van der Waals surface area contributed by atoms with Crippen LogP contribution in [0.3, 0.4) is 0 Å². The minimum Gasteiger partial charge on any atom is -0.457 e. The third-order valence-corrected chi connectivity index (χ3v) is 14.1. The Bertz CT molecular complexity index is 4090. The number of anilines is 4. The second-order valence-corrected chi connectivity index (χ2v) is 19.5. The van der Waals surface area contributed by atoms with Crippen LogP contribution in [0.25, 0.3) is 77.4 Å². The largest absolute Gasteiger partial charge is 0.457 e. The van der Waals surface area contributed by atoms with E-state index in [0.717, 1.165) is 77.6 Å². The van der Waals surface area contributed by atoms with E-state index in [0.29, 0.717) is 29.5 Å². The molecule has 0 amide bonds. The van der Waals surface area contributed by atoms with Gasteiger partial charge in [0.05, 0.1) is 33.4 Å². The molecule has 1 aliphatic heterocycles. The molecule has 0 bridgehead atoms. The second-order valence-electron chi connectivity index (χ2n) is 19.5. The number of pyridine rings is 1. The topological polar surface area (TPSA) is 38.5 Å². The number of rotatable bonds is 8. The number of benzene rings is 9. The molecule has 0 saturated heterocycles. The molecule has 0 N–H and O–H groups in total. The summed E-state index contributed by atoms with van der Waals surface area (Å²) in [4.78, 5) is 9.82. The predicted molar refractivity (Wildman–Crippen MR) is 296 cm³/mol. The van der Waals surface area contributed by atoms with E-state index in [4.69, 9.17) is 13.8 Å². The Balaban J connectivity index is 0.852. The summed E-state index contributed by atoms with van der Waals surface area (Å²) < 4.78 is 37.7. The zero-order valence-electron chi connectivity index (χ0n) is 42.7. The van der Waals surface area contributed by atoms with Gasteiger partial charge in [-0.1, -0.05) is 142 Å². The van der Waals surface area contributed by atoms with Crippen LogP contribution in [-0.4, -0.2) is 20.8 Å². The van der Waals surface area contributed by atoms with Crippen LogP contribution in [0.2, 0.25) is 0 Å². The first-order valence-electron chi connectivity index (χ1n) is 25.7. The summed E-state index contributed by atoms with van der Waals surface area (Å²) in [6, 6.07) is 75.3. The zero-order chi connectivity index (χ0) is 50.3. The van der Waals surface area contributed by atoms with E-state index in [2.05, 4.69) is 203 Å². The fourth-order valence-electron chi connectivity index (χ4n) is 10.6. The molecule has 13 rings (SSSR count). The van der Waals surface area contributed by atoms with Gasteiger partial charge in [0, 0.05) is 66.6 Å². The van der Waals surface area contributed by atoms with Crippen LogP contribution in [0, 0.1) is 6.85 Å². The standard InChI is InChI=1S/C65H51N5O/c1-43-34-64(66-41-57(43)45-20-16-22-49(36-45)69-58-27-11-8-24-53(58)54-25-9-12-28-59(54)69)70-60-29-13-10-26-55(60)56-33-32-52(40-63(56)70)71-51-23-17-21-48(39-51)67-42-68(62-31-15-14-30-61(62)67)50-37-46(44-18-6-5-7-19-44)35-47(38-50)65(2,3)4/h5-41H,42H2,1-4H3/i1D3. The Morgan fingerprint density at radius 3 is 1.73 bits per heavy atom. The third kappa shape index (κ3) is 7.30. The zero-order valence-corrected chi connectivity index (χ0v) is 39.7. The SMILES string of the molecule is [2H]C([2H])([2H])c1cc(-n2c3ccccc3c3ccc(Oc4cccc(N5CN(c6cc(-c7ccccc7)cc(C(C)(C)C)c6)c6ccccc65)c4)cc32)ncc1-c1cccc(-n2c3ccccc3c3ccccc32)c1. The Kier molecular flexibility index (Phi) is 9.17. The van der Waals surface area contributed by atoms with Crippen LogP contribution in [-0.2, 0) is 5.41 Å². The lowest BCUT2D eigenvalue weighted by molar-refractivity contribution is 0.483. The molecule has 0 atom stereocenters. The molecule has 0 unspecified atom stereocenters. The second kappa shape index (κ2) is 16.7. The lowest BCUT2D eigenvalue weighted by Crippen LogP contribution is -2.24. The molecular weight excluding hydrogens is 867 g/mol. The van der Waals surface area contributed by atoms with Crippen LogP contribution < -0.4 is 14.5 Å². The molecule has 0 radical (unpaired) electrons. The first kappa shape index (κ1) is 39.0. The van der Waals surface area contributed by atoms with Crippen molar-refractivity contribution >= 4 is 66.4 Å². The summed E-state index contributed by atoms with van der Waals surface area (Å²) in [5.41, 5.74) is 14.4. The van der Waals surface area contributed by atoms with Crippen LogP contribution >= 0.6 is 0 Å². The van der Waals surface area contributed by atoms with E-state index in [-0.39, 0.29) is 11.0 Å². The number of hydrogen-bond acceptors (Lipinski definition) is 4. The first-order chi connectivity index (χ1) is 35.9. The fourth-order valence-corrected chi connectivity index (χ4v) is 10.6. The van der Waals surface area contributed by atoms with Crippen molar-refractivity contribution in [3.63, 3.8) is 0 Å². The van der Waals surface area contributed by atoms with Gasteiger partial charge < -0.3 is 19.1 Å².